The number of aromatic nitrogens is 1. The lowest BCUT2D eigenvalue weighted by Crippen LogP contribution is -2.18. The van der Waals surface area contributed by atoms with Crippen LogP contribution in [-0.4, -0.2) is 4.98 Å². The molecule has 24 heavy (non-hydrogen) atoms. The SMILES string of the molecule is CC(C)(C)c1ccc(CP(=O)(c2ccccc2)c2ccccc2)[nH]1. The van der Waals surface area contributed by atoms with E-state index in [1.165, 1.54) is 5.69 Å². The smallest absolute Gasteiger partial charge is 0.148 e. The molecule has 0 spiro atoms. The van der Waals surface area contributed by atoms with Gasteiger partial charge in [0.2, 0.25) is 0 Å². The largest absolute Gasteiger partial charge is 0.361 e. The molecule has 0 saturated heterocycles. The number of aromatic amines is 1. The van der Waals surface area contributed by atoms with Gasteiger partial charge in [-0.25, -0.2) is 0 Å². The summed E-state index contributed by atoms with van der Waals surface area (Å²) in [6.45, 7) is 6.53. The van der Waals surface area contributed by atoms with Gasteiger partial charge in [-0.05, 0) is 12.1 Å². The van der Waals surface area contributed by atoms with E-state index in [1.54, 1.807) is 0 Å². The predicted molar refractivity (Wildman–Crippen MR) is 103 cm³/mol. The van der Waals surface area contributed by atoms with Crippen molar-refractivity contribution < 1.29 is 4.57 Å². The van der Waals surface area contributed by atoms with Gasteiger partial charge >= 0.3 is 0 Å². The number of hydrogen-bond donors (Lipinski definition) is 1. The first-order valence-electron chi connectivity index (χ1n) is 8.28. The molecule has 1 heterocycles. The second-order valence-corrected chi connectivity index (χ2v) is 10.0. The van der Waals surface area contributed by atoms with Crippen LogP contribution in [0.15, 0.2) is 72.8 Å². The molecule has 0 unspecified atom stereocenters. The van der Waals surface area contributed by atoms with Crippen LogP contribution < -0.4 is 10.6 Å². The van der Waals surface area contributed by atoms with E-state index in [0.29, 0.717) is 6.16 Å². The van der Waals surface area contributed by atoms with Crippen molar-refractivity contribution in [2.45, 2.75) is 32.3 Å². The fourth-order valence-corrected chi connectivity index (χ4v) is 5.51. The van der Waals surface area contributed by atoms with Crippen LogP contribution >= 0.6 is 7.14 Å². The van der Waals surface area contributed by atoms with Crippen LogP contribution in [0.1, 0.15) is 32.2 Å². The highest BCUT2D eigenvalue weighted by Crippen LogP contribution is 2.46. The second kappa shape index (κ2) is 6.45. The fraction of sp³-hybridized carbons (Fsp3) is 0.238. The van der Waals surface area contributed by atoms with Crippen LogP contribution in [0.4, 0.5) is 0 Å². The van der Waals surface area contributed by atoms with E-state index in [4.69, 9.17) is 0 Å². The molecule has 0 amide bonds. The molecule has 0 aliphatic carbocycles. The first-order chi connectivity index (χ1) is 11.4. The third kappa shape index (κ3) is 3.39. The summed E-state index contributed by atoms with van der Waals surface area (Å²) in [5.41, 5.74) is 2.25. The van der Waals surface area contributed by atoms with Gasteiger partial charge in [-0.1, -0.05) is 81.4 Å². The zero-order chi connectivity index (χ0) is 17.2. The maximum absolute atomic E-state index is 14.0. The number of hydrogen-bond acceptors (Lipinski definition) is 1. The van der Waals surface area contributed by atoms with Crippen molar-refractivity contribution in [3.05, 3.63) is 84.2 Å². The summed E-state index contributed by atoms with van der Waals surface area (Å²) in [7, 11) is -2.72. The van der Waals surface area contributed by atoms with Gasteiger partial charge in [0.15, 0.2) is 0 Å². The molecule has 0 aliphatic rings. The molecule has 0 saturated carbocycles. The van der Waals surface area contributed by atoms with Crippen LogP contribution in [0.2, 0.25) is 0 Å². The van der Waals surface area contributed by atoms with Gasteiger partial charge in [0.25, 0.3) is 0 Å². The Morgan fingerprint density at radius 1 is 0.792 bits per heavy atom. The summed E-state index contributed by atoms with van der Waals surface area (Å²) in [5, 5.41) is 1.81. The first-order valence-corrected chi connectivity index (χ1v) is 10.2. The summed E-state index contributed by atoms with van der Waals surface area (Å²) < 4.78 is 14.0. The molecule has 2 nitrogen and oxygen atoms in total. The lowest BCUT2D eigenvalue weighted by atomic mass is 9.93. The quantitative estimate of drug-likeness (QED) is 0.680. The molecule has 1 N–H and O–H groups in total. The van der Waals surface area contributed by atoms with Crippen LogP contribution in [0, 0.1) is 0 Å². The molecular formula is C21H24NOP. The maximum Gasteiger partial charge on any atom is 0.148 e. The zero-order valence-electron chi connectivity index (χ0n) is 14.5. The molecule has 3 rings (SSSR count). The van der Waals surface area contributed by atoms with Crippen molar-refractivity contribution in [1.82, 2.24) is 4.98 Å². The molecular weight excluding hydrogens is 313 g/mol. The summed E-state index contributed by atoms with van der Waals surface area (Å²) in [6.07, 6.45) is 0.511. The molecule has 0 bridgehead atoms. The van der Waals surface area contributed by atoms with Gasteiger partial charge in [0, 0.05) is 33.6 Å². The lowest BCUT2D eigenvalue weighted by Gasteiger charge is -2.20. The first kappa shape index (κ1) is 16.8. The van der Waals surface area contributed by atoms with Crippen molar-refractivity contribution in [3.8, 4) is 0 Å². The molecule has 0 atom stereocenters. The average molecular weight is 337 g/mol. The molecule has 3 aromatic rings. The highest BCUT2D eigenvalue weighted by molar-refractivity contribution is 7.78. The Morgan fingerprint density at radius 2 is 1.29 bits per heavy atom. The van der Waals surface area contributed by atoms with E-state index < -0.39 is 7.14 Å². The highest BCUT2D eigenvalue weighted by atomic mass is 31.2. The Kier molecular flexibility index (Phi) is 4.51. The summed E-state index contributed by atoms with van der Waals surface area (Å²) in [5.74, 6) is 0. The van der Waals surface area contributed by atoms with Crippen LogP contribution in [0.5, 0.6) is 0 Å². The van der Waals surface area contributed by atoms with E-state index in [-0.39, 0.29) is 5.41 Å². The predicted octanol–water partition coefficient (Wildman–Crippen LogP) is 4.83. The van der Waals surface area contributed by atoms with Crippen LogP contribution in [0.25, 0.3) is 0 Å². The monoisotopic (exact) mass is 337 g/mol. The highest BCUT2D eigenvalue weighted by Gasteiger charge is 2.28. The van der Waals surface area contributed by atoms with Gasteiger partial charge in [-0.2, -0.15) is 0 Å². The molecule has 0 radical (unpaired) electrons. The standard InChI is InChI=1S/C21H24NOP/c1-21(2,3)20-15-14-17(22-20)16-24(23,18-10-6-4-7-11-18)19-12-8-5-9-13-19/h4-15,22H,16H2,1-3H3. The van der Waals surface area contributed by atoms with E-state index in [2.05, 4.69) is 37.9 Å². The third-order valence-electron chi connectivity index (χ3n) is 4.29. The second-order valence-electron chi connectivity index (χ2n) is 7.22. The minimum atomic E-state index is -2.72. The van der Waals surface area contributed by atoms with Gasteiger partial charge in [-0.3, -0.25) is 0 Å². The van der Waals surface area contributed by atoms with E-state index in [1.807, 2.05) is 60.7 Å². The van der Waals surface area contributed by atoms with E-state index in [9.17, 15) is 4.57 Å². The Balaban J connectivity index is 2.04. The molecule has 0 fully saturated rings. The van der Waals surface area contributed by atoms with E-state index in [0.717, 1.165) is 16.3 Å². The Bertz CT molecular complexity index is 801. The average Bonchev–Trinajstić information content (AvgIpc) is 3.05. The number of H-pyrrole nitrogens is 1. The minimum absolute atomic E-state index is 0.0573. The number of benzene rings is 2. The number of nitrogens with one attached hydrogen (secondary N) is 1. The topological polar surface area (TPSA) is 32.9 Å². The molecule has 124 valence electrons. The van der Waals surface area contributed by atoms with Gasteiger partial charge < -0.3 is 9.55 Å². The number of rotatable bonds is 4. The fourth-order valence-electron chi connectivity index (χ4n) is 2.88. The summed E-state index contributed by atoms with van der Waals surface area (Å²) in [4.78, 5) is 3.48. The van der Waals surface area contributed by atoms with E-state index >= 15 is 0 Å². The summed E-state index contributed by atoms with van der Waals surface area (Å²) in [6, 6.07) is 23.8. The zero-order valence-corrected chi connectivity index (χ0v) is 15.4. The molecule has 2 aromatic carbocycles. The van der Waals surface area contributed by atoms with Crippen molar-refractivity contribution in [1.29, 1.82) is 0 Å². The minimum Gasteiger partial charge on any atom is -0.361 e. The van der Waals surface area contributed by atoms with Crippen LogP contribution in [0.3, 0.4) is 0 Å². The summed E-state index contributed by atoms with van der Waals surface area (Å²) >= 11 is 0. The molecule has 1 aromatic heterocycles. The third-order valence-corrected chi connectivity index (χ3v) is 7.34. The Labute approximate surface area is 144 Å². The molecule has 0 aliphatic heterocycles. The van der Waals surface area contributed by atoms with Gasteiger partial charge in [0.1, 0.15) is 7.14 Å². The Hall–Kier alpha value is -2.05. The van der Waals surface area contributed by atoms with Crippen molar-refractivity contribution in [2.75, 3.05) is 0 Å². The van der Waals surface area contributed by atoms with Crippen molar-refractivity contribution >= 4 is 17.8 Å². The van der Waals surface area contributed by atoms with Crippen LogP contribution in [-0.2, 0) is 16.1 Å². The Morgan fingerprint density at radius 3 is 1.71 bits per heavy atom. The molecule has 3 heteroatoms. The normalized spacial score (nSPS) is 12.3. The maximum atomic E-state index is 14.0. The van der Waals surface area contributed by atoms with Crippen molar-refractivity contribution in [3.63, 3.8) is 0 Å². The van der Waals surface area contributed by atoms with Crippen molar-refractivity contribution in [2.24, 2.45) is 0 Å². The lowest BCUT2D eigenvalue weighted by molar-refractivity contribution is 0.570. The van der Waals surface area contributed by atoms with Gasteiger partial charge in [0.05, 0.1) is 0 Å². The van der Waals surface area contributed by atoms with Gasteiger partial charge in [-0.15, -0.1) is 0 Å².